The molecule has 0 aromatic rings. The molecule has 0 radical (unpaired) electrons. The van der Waals surface area contributed by atoms with Crippen LogP contribution in [0.3, 0.4) is 0 Å². The molecule has 0 bridgehead atoms. The third-order valence-electron chi connectivity index (χ3n) is 0.494. The van der Waals surface area contributed by atoms with E-state index in [-0.39, 0.29) is 0 Å². The van der Waals surface area contributed by atoms with Gasteiger partial charge in [-0.2, -0.15) is 0 Å². The number of hydrogen-bond acceptors (Lipinski definition) is 1. The Bertz CT molecular complexity index is 93.9. The van der Waals surface area contributed by atoms with Crippen molar-refractivity contribution in [3.63, 3.8) is 0 Å². The summed E-state index contributed by atoms with van der Waals surface area (Å²) in [7, 11) is 4.02. The number of allylic oxidation sites excluding steroid dienone is 1. The van der Waals surface area contributed by atoms with Crippen molar-refractivity contribution >= 4 is 16.5 Å². The van der Waals surface area contributed by atoms with Gasteiger partial charge >= 0.3 is 46.5 Å². The fourth-order valence-corrected chi connectivity index (χ4v) is 0.278. The van der Waals surface area contributed by atoms with Crippen LogP contribution in [0.1, 0.15) is 13.8 Å². The maximum absolute atomic E-state index is 3.69. The molecule has 1 nitrogen and oxygen atoms in total. The molecule has 0 aromatic heterocycles. The first-order valence-corrected chi connectivity index (χ1v) is 2.65. The Balaban J connectivity index is 3.46. The second-order valence-electron chi connectivity index (χ2n) is 1.54. The van der Waals surface area contributed by atoms with Gasteiger partial charge in [-0.25, -0.2) is 0 Å². The van der Waals surface area contributed by atoms with Crippen LogP contribution in [-0.2, 0) is 0 Å². The van der Waals surface area contributed by atoms with Crippen LogP contribution >= 0.6 is 9.39 Å². The molecule has 0 saturated heterocycles. The second kappa shape index (κ2) is 4.20. The minimum absolute atomic E-state index is 1.27. The number of hydrogen-bond donors (Lipinski definition) is 0. The fourth-order valence-electron chi connectivity index (χ4n) is 0.192. The van der Waals surface area contributed by atoms with Crippen molar-refractivity contribution in [2.45, 2.75) is 13.8 Å². The molecule has 0 rings (SSSR count). The molecule has 0 fully saturated rings. The summed E-state index contributed by atoms with van der Waals surface area (Å²) >= 11 is 0. The topological polar surface area (TPSA) is 12.4 Å². The van der Waals surface area contributed by atoms with Gasteiger partial charge in [0, 0.05) is 0 Å². The predicted octanol–water partition coefficient (Wildman–Crippen LogP) is 1.59. The van der Waals surface area contributed by atoms with Crippen LogP contribution in [0.5, 0.6) is 0 Å². The van der Waals surface area contributed by atoms with E-state index in [0.717, 1.165) is 0 Å². The molecule has 0 aliphatic rings. The normalized spacial score (nSPS) is 8.43. The molecule has 0 aromatic carbocycles. The van der Waals surface area contributed by atoms with Crippen LogP contribution in [-0.4, -0.2) is 7.07 Å². The van der Waals surface area contributed by atoms with E-state index >= 15 is 0 Å². The van der Waals surface area contributed by atoms with Crippen LogP contribution < -0.4 is 0 Å². The first-order valence-electron chi connectivity index (χ1n) is 2.14. The number of nitrogens with zero attached hydrogens (tertiary/aromatic N) is 1. The van der Waals surface area contributed by atoms with Crippen LogP contribution in [0.4, 0.5) is 0 Å². The Labute approximate surface area is 47.4 Å². The van der Waals surface area contributed by atoms with E-state index in [1.54, 1.807) is 7.07 Å². The van der Waals surface area contributed by atoms with Crippen molar-refractivity contribution in [3.05, 3.63) is 11.5 Å². The van der Waals surface area contributed by atoms with Crippen LogP contribution in [0.25, 0.3) is 0 Å². The molecule has 0 aliphatic heterocycles. The number of rotatable bonds is 1. The van der Waals surface area contributed by atoms with Gasteiger partial charge in [-0.3, -0.25) is 0 Å². The molecule has 38 valence electrons. The van der Waals surface area contributed by atoms with Crippen molar-refractivity contribution < 1.29 is 0 Å². The van der Waals surface area contributed by atoms with Crippen LogP contribution in [0.2, 0.25) is 0 Å². The van der Waals surface area contributed by atoms with Crippen molar-refractivity contribution in [1.29, 1.82) is 0 Å². The monoisotopic (exact) mass is 113 g/mol. The minimum atomic E-state index is 1.27. The molecule has 0 heterocycles. The van der Waals surface area contributed by atoms with E-state index in [9.17, 15) is 0 Å². The average molecular weight is 113 g/mol. The van der Waals surface area contributed by atoms with E-state index in [1.165, 1.54) is 5.57 Å². The Kier molecular flexibility index (Phi) is 4.22. The molecule has 0 N–H and O–H groups in total. The third-order valence-corrected chi connectivity index (χ3v) is 0.666. The molecule has 3 heteroatoms. The molecular formula is C4H9BNP. The average Bonchev–Trinajstić information content (AvgIpc) is 1.61. The molecule has 0 spiro atoms. The molecule has 0 saturated carbocycles. The Morgan fingerprint density at radius 3 is 2.43 bits per heavy atom. The SMILES string of the molecule is CC(C)=CB=NP. The van der Waals surface area contributed by atoms with E-state index in [1.807, 2.05) is 19.8 Å². The zero-order valence-electron chi connectivity index (χ0n) is 4.68. The standard InChI is InChI=1S/C4H9BNP/c1-4(2)3-5-6-7/h3H,7H2,1-2H3. The summed E-state index contributed by atoms with van der Waals surface area (Å²) in [4.78, 5) is 0. The van der Waals surface area contributed by atoms with E-state index in [4.69, 9.17) is 0 Å². The van der Waals surface area contributed by atoms with Gasteiger partial charge in [0.25, 0.3) is 0 Å². The fraction of sp³-hybridized carbons (Fsp3) is 0.500. The summed E-state index contributed by atoms with van der Waals surface area (Å²) in [5.41, 5.74) is 1.27. The van der Waals surface area contributed by atoms with E-state index in [2.05, 4.69) is 14.1 Å². The summed E-state index contributed by atoms with van der Waals surface area (Å²) in [6.45, 7) is 4.07. The first kappa shape index (κ1) is 7.03. The molecule has 0 aliphatic carbocycles. The predicted molar refractivity (Wildman–Crippen MR) is 37.3 cm³/mol. The summed E-state index contributed by atoms with van der Waals surface area (Å²) in [6.07, 6.45) is 0. The van der Waals surface area contributed by atoms with E-state index in [0.29, 0.717) is 0 Å². The van der Waals surface area contributed by atoms with Gasteiger partial charge in [0.05, 0.1) is 0 Å². The van der Waals surface area contributed by atoms with Gasteiger partial charge in [-0.15, -0.1) is 0 Å². The van der Waals surface area contributed by atoms with Gasteiger partial charge < -0.3 is 0 Å². The van der Waals surface area contributed by atoms with Gasteiger partial charge in [-0.05, 0) is 0 Å². The van der Waals surface area contributed by atoms with Gasteiger partial charge in [0.15, 0.2) is 0 Å². The van der Waals surface area contributed by atoms with Gasteiger partial charge in [0.2, 0.25) is 0 Å². The summed E-state index contributed by atoms with van der Waals surface area (Å²) < 4.78 is 3.69. The third kappa shape index (κ3) is 6.03. The first-order chi connectivity index (χ1) is 3.27. The molecule has 1 unspecified atom stereocenters. The summed E-state index contributed by atoms with van der Waals surface area (Å²) in [6, 6.07) is 0. The maximum atomic E-state index is 3.69. The Morgan fingerprint density at radius 1 is 1.71 bits per heavy atom. The second-order valence-corrected chi connectivity index (χ2v) is 1.84. The van der Waals surface area contributed by atoms with Crippen LogP contribution in [0.15, 0.2) is 16.2 Å². The van der Waals surface area contributed by atoms with Crippen molar-refractivity contribution in [2.24, 2.45) is 4.67 Å². The molecule has 7 heavy (non-hydrogen) atoms. The molecular weight excluding hydrogens is 104 g/mol. The van der Waals surface area contributed by atoms with Crippen molar-refractivity contribution in [3.8, 4) is 0 Å². The Morgan fingerprint density at radius 2 is 2.29 bits per heavy atom. The zero-order valence-corrected chi connectivity index (χ0v) is 5.83. The van der Waals surface area contributed by atoms with E-state index < -0.39 is 0 Å². The van der Waals surface area contributed by atoms with Crippen molar-refractivity contribution in [1.82, 2.24) is 0 Å². The summed E-state index contributed by atoms with van der Waals surface area (Å²) in [5.74, 6) is 1.95. The Hall–Kier alpha value is 0.0349. The summed E-state index contributed by atoms with van der Waals surface area (Å²) in [5, 5.41) is 0. The molecule has 1 atom stereocenters. The van der Waals surface area contributed by atoms with Gasteiger partial charge in [-0.1, -0.05) is 0 Å². The van der Waals surface area contributed by atoms with Crippen molar-refractivity contribution in [2.75, 3.05) is 0 Å². The zero-order chi connectivity index (χ0) is 5.70. The van der Waals surface area contributed by atoms with Crippen LogP contribution in [0, 0.1) is 0 Å². The molecule has 0 amide bonds. The van der Waals surface area contributed by atoms with Gasteiger partial charge in [0.1, 0.15) is 0 Å². The quantitative estimate of drug-likeness (QED) is 0.361.